The lowest BCUT2D eigenvalue weighted by Gasteiger charge is -2.53. The Hall–Kier alpha value is -0.330. The summed E-state index contributed by atoms with van der Waals surface area (Å²) >= 11 is 0. The lowest BCUT2D eigenvalue weighted by Crippen LogP contribution is -2.51. The summed E-state index contributed by atoms with van der Waals surface area (Å²) in [6.07, 6.45) is 6.25. The van der Waals surface area contributed by atoms with E-state index in [0.29, 0.717) is 34.4 Å². The molecule has 0 saturated heterocycles. The van der Waals surface area contributed by atoms with Gasteiger partial charge in [0.15, 0.2) is 0 Å². The standard InChI is InChI=1S/C14H22O/c1-13(2)6-9-7-14(3)5-4-11(14)12(15)10(9)8-13/h9-11H,4-8H2,1-3H3/t9-,10+,11+,14-/m0/s1. The normalized spacial score (nSPS) is 51.9. The zero-order chi connectivity index (χ0) is 10.8. The number of Topliss-reactive ketones (excluding diaryl/α,β-unsaturated/α-hetero) is 1. The van der Waals surface area contributed by atoms with Crippen molar-refractivity contribution < 1.29 is 4.79 Å². The molecule has 3 saturated carbocycles. The highest BCUT2D eigenvalue weighted by Gasteiger charge is 2.58. The van der Waals surface area contributed by atoms with Crippen molar-refractivity contribution in [3.05, 3.63) is 0 Å². The number of rotatable bonds is 0. The molecule has 1 heteroatoms. The number of carbonyl (C=O) groups excluding carboxylic acids is 1. The third-order valence-electron chi connectivity index (χ3n) is 5.44. The Bertz CT molecular complexity index is 317. The maximum Gasteiger partial charge on any atom is 0.139 e. The van der Waals surface area contributed by atoms with Crippen LogP contribution in [0.2, 0.25) is 0 Å². The van der Waals surface area contributed by atoms with Gasteiger partial charge in [-0.3, -0.25) is 4.79 Å². The molecule has 3 rings (SSSR count). The van der Waals surface area contributed by atoms with Gasteiger partial charge in [0.05, 0.1) is 0 Å². The molecular weight excluding hydrogens is 184 g/mol. The zero-order valence-electron chi connectivity index (χ0n) is 10.2. The van der Waals surface area contributed by atoms with Crippen molar-refractivity contribution in [2.24, 2.45) is 28.6 Å². The van der Waals surface area contributed by atoms with E-state index in [2.05, 4.69) is 20.8 Å². The van der Waals surface area contributed by atoms with Crippen molar-refractivity contribution in [1.82, 2.24) is 0 Å². The highest BCUT2D eigenvalue weighted by Crippen LogP contribution is 2.62. The second kappa shape index (κ2) is 2.67. The van der Waals surface area contributed by atoms with Crippen LogP contribution in [0.15, 0.2) is 0 Å². The van der Waals surface area contributed by atoms with Crippen LogP contribution in [0.1, 0.15) is 52.9 Å². The van der Waals surface area contributed by atoms with E-state index in [1.807, 2.05) is 0 Å². The minimum atomic E-state index is 0.401. The third kappa shape index (κ3) is 1.24. The summed E-state index contributed by atoms with van der Waals surface area (Å²) < 4.78 is 0. The van der Waals surface area contributed by atoms with Crippen molar-refractivity contribution in [2.45, 2.75) is 52.9 Å². The molecule has 0 aliphatic heterocycles. The van der Waals surface area contributed by atoms with Gasteiger partial charge in [-0.2, -0.15) is 0 Å². The van der Waals surface area contributed by atoms with Crippen molar-refractivity contribution in [3.63, 3.8) is 0 Å². The fraction of sp³-hybridized carbons (Fsp3) is 0.929. The molecule has 0 N–H and O–H groups in total. The Morgan fingerprint density at radius 2 is 1.87 bits per heavy atom. The van der Waals surface area contributed by atoms with E-state index < -0.39 is 0 Å². The monoisotopic (exact) mass is 206 g/mol. The summed E-state index contributed by atoms with van der Waals surface area (Å²) in [5, 5.41) is 0. The lowest BCUT2D eigenvalue weighted by molar-refractivity contribution is -0.147. The van der Waals surface area contributed by atoms with Crippen LogP contribution < -0.4 is 0 Å². The second-order valence-corrected chi connectivity index (χ2v) is 7.29. The first-order valence-corrected chi connectivity index (χ1v) is 6.45. The number of fused-ring (bicyclic) bond motifs is 2. The lowest BCUT2D eigenvalue weighted by atomic mass is 9.50. The SMILES string of the molecule is CC1(C)C[C@H]2C[C@]3(C)CC[C@@H]3C(=O)[C@@H]2C1. The molecule has 0 aromatic heterocycles. The molecule has 0 bridgehead atoms. The van der Waals surface area contributed by atoms with Gasteiger partial charge in [-0.05, 0) is 48.9 Å². The molecule has 0 heterocycles. The van der Waals surface area contributed by atoms with E-state index in [-0.39, 0.29) is 0 Å². The molecule has 0 radical (unpaired) electrons. The van der Waals surface area contributed by atoms with Gasteiger partial charge in [0.25, 0.3) is 0 Å². The van der Waals surface area contributed by atoms with Gasteiger partial charge in [0.2, 0.25) is 0 Å². The molecule has 84 valence electrons. The summed E-state index contributed by atoms with van der Waals surface area (Å²) in [6, 6.07) is 0. The van der Waals surface area contributed by atoms with Crippen LogP contribution in [0, 0.1) is 28.6 Å². The van der Waals surface area contributed by atoms with Gasteiger partial charge >= 0.3 is 0 Å². The van der Waals surface area contributed by atoms with Crippen LogP contribution in [0.3, 0.4) is 0 Å². The van der Waals surface area contributed by atoms with Crippen molar-refractivity contribution in [1.29, 1.82) is 0 Å². The van der Waals surface area contributed by atoms with E-state index in [4.69, 9.17) is 0 Å². The first kappa shape index (κ1) is 9.86. The van der Waals surface area contributed by atoms with Crippen LogP contribution in [0.5, 0.6) is 0 Å². The first-order valence-electron chi connectivity index (χ1n) is 6.45. The molecule has 3 aliphatic rings. The van der Waals surface area contributed by atoms with Crippen molar-refractivity contribution in [3.8, 4) is 0 Å². The fourth-order valence-electron chi connectivity index (χ4n) is 4.61. The molecule has 15 heavy (non-hydrogen) atoms. The van der Waals surface area contributed by atoms with E-state index >= 15 is 0 Å². The van der Waals surface area contributed by atoms with Crippen LogP contribution in [-0.4, -0.2) is 5.78 Å². The van der Waals surface area contributed by atoms with E-state index in [9.17, 15) is 4.79 Å². The quantitative estimate of drug-likeness (QED) is 0.593. The van der Waals surface area contributed by atoms with Gasteiger partial charge in [0, 0.05) is 11.8 Å². The molecule has 0 aromatic rings. The predicted octanol–water partition coefficient (Wildman–Crippen LogP) is 3.43. The van der Waals surface area contributed by atoms with Crippen LogP contribution in [0.4, 0.5) is 0 Å². The average molecular weight is 206 g/mol. The van der Waals surface area contributed by atoms with Crippen LogP contribution in [0.25, 0.3) is 0 Å². The topological polar surface area (TPSA) is 17.1 Å². The highest BCUT2D eigenvalue weighted by atomic mass is 16.1. The Kier molecular flexibility index (Phi) is 1.76. The van der Waals surface area contributed by atoms with Gasteiger partial charge in [0.1, 0.15) is 5.78 Å². The summed E-state index contributed by atoms with van der Waals surface area (Å²) in [6.45, 7) is 7.02. The van der Waals surface area contributed by atoms with Gasteiger partial charge in [-0.25, -0.2) is 0 Å². The molecule has 0 unspecified atom stereocenters. The van der Waals surface area contributed by atoms with Crippen LogP contribution >= 0.6 is 0 Å². The molecule has 0 aromatic carbocycles. The minimum Gasteiger partial charge on any atom is -0.299 e. The average Bonchev–Trinajstić information content (AvgIpc) is 2.37. The molecule has 3 fully saturated rings. The second-order valence-electron chi connectivity index (χ2n) is 7.29. The smallest absolute Gasteiger partial charge is 0.139 e. The highest BCUT2D eigenvalue weighted by molar-refractivity contribution is 5.86. The van der Waals surface area contributed by atoms with E-state index in [1.54, 1.807) is 0 Å². The van der Waals surface area contributed by atoms with E-state index in [0.717, 1.165) is 6.42 Å². The fourth-order valence-corrected chi connectivity index (χ4v) is 4.61. The summed E-state index contributed by atoms with van der Waals surface area (Å²) in [7, 11) is 0. The van der Waals surface area contributed by atoms with Crippen molar-refractivity contribution >= 4 is 5.78 Å². The minimum absolute atomic E-state index is 0.401. The number of carbonyl (C=O) groups is 1. The van der Waals surface area contributed by atoms with Gasteiger partial charge in [-0.1, -0.05) is 20.8 Å². The van der Waals surface area contributed by atoms with Crippen molar-refractivity contribution in [2.75, 3.05) is 0 Å². The number of ketones is 1. The Morgan fingerprint density at radius 3 is 2.47 bits per heavy atom. The number of hydrogen-bond acceptors (Lipinski definition) is 1. The van der Waals surface area contributed by atoms with E-state index in [1.165, 1.54) is 25.7 Å². The summed E-state index contributed by atoms with van der Waals surface area (Å²) in [4.78, 5) is 12.4. The molecule has 4 atom stereocenters. The van der Waals surface area contributed by atoms with Gasteiger partial charge < -0.3 is 0 Å². The van der Waals surface area contributed by atoms with Crippen LogP contribution in [-0.2, 0) is 4.79 Å². The molecular formula is C14H22O. The summed E-state index contributed by atoms with van der Waals surface area (Å²) in [5.41, 5.74) is 0.823. The number of hydrogen-bond donors (Lipinski definition) is 0. The molecule has 0 spiro atoms. The molecule has 3 aliphatic carbocycles. The predicted molar refractivity (Wildman–Crippen MR) is 60.5 cm³/mol. The largest absolute Gasteiger partial charge is 0.299 e. The molecule has 1 nitrogen and oxygen atoms in total. The first-order chi connectivity index (χ1) is 6.91. The molecule has 0 amide bonds. The Morgan fingerprint density at radius 1 is 1.13 bits per heavy atom. The zero-order valence-corrected chi connectivity index (χ0v) is 10.2. The maximum absolute atomic E-state index is 12.4. The summed E-state index contributed by atoms with van der Waals surface area (Å²) in [5.74, 6) is 2.21. The van der Waals surface area contributed by atoms with Gasteiger partial charge in [-0.15, -0.1) is 0 Å². The maximum atomic E-state index is 12.4. The third-order valence-corrected chi connectivity index (χ3v) is 5.44. The Labute approximate surface area is 92.6 Å². The Balaban J connectivity index is 1.89.